The van der Waals surface area contributed by atoms with Crippen LogP contribution in [0.2, 0.25) is 0 Å². The Balaban J connectivity index is 0.00000256. The first-order valence-corrected chi connectivity index (χ1v) is 9.33. The lowest BCUT2D eigenvalue weighted by atomic mass is 9.97. The zero-order chi connectivity index (χ0) is 20.6. The van der Waals surface area contributed by atoms with Crippen LogP contribution in [0, 0.1) is 6.92 Å². The van der Waals surface area contributed by atoms with Crippen LogP contribution in [-0.2, 0) is 12.0 Å². The molecular formula is C21H23ClN6O2. The molecule has 4 rings (SSSR count). The minimum atomic E-state index is -0.387. The van der Waals surface area contributed by atoms with Crippen LogP contribution in [-0.4, -0.2) is 30.7 Å². The van der Waals surface area contributed by atoms with Crippen LogP contribution in [0.4, 0.5) is 0 Å². The predicted molar refractivity (Wildman–Crippen MR) is 115 cm³/mol. The molecule has 0 aliphatic heterocycles. The molecule has 0 bridgehead atoms. The maximum Gasteiger partial charge on any atom is 0.309 e. The number of hydrogen-bond donors (Lipinski definition) is 1. The van der Waals surface area contributed by atoms with E-state index in [0.717, 1.165) is 27.9 Å². The SMILES string of the molecule is Cc1cc(-c2ncnn3cccc23)ccc1CNC(=O)c1nnc(C(C)(C)C)o1.Cl. The molecule has 0 radical (unpaired) electrons. The third-order valence-corrected chi connectivity index (χ3v) is 4.65. The van der Waals surface area contributed by atoms with Crippen LogP contribution < -0.4 is 5.32 Å². The first-order chi connectivity index (χ1) is 13.8. The minimum absolute atomic E-state index is 0. The van der Waals surface area contributed by atoms with E-state index in [9.17, 15) is 4.79 Å². The zero-order valence-corrected chi connectivity index (χ0v) is 18.0. The molecule has 1 N–H and O–H groups in total. The number of amides is 1. The Morgan fingerprint density at radius 2 is 2.00 bits per heavy atom. The summed E-state index contributed by atoms with van der Waals surface area (Å²) in [6, 6.07) is 9.96. The summed E-state index contributed by atoms with van der Waals surface area (Å²) in [6.07, 6.45) is 3.43. The smallest absolute Gasteiger partial charge is 0.309 e. The fourth-order valence-electron chi connectivity index (χ4n) is 3.00. The van der Waals surface area contributed by atoms with Gasteiger partial charge in [-0.1, -0.05) is 32.9 Å². The topological polar surface area (TPSA) is 98.2 Å². The Hall–Kier alpha value is -3.26. The summed E-state index contributed by atoms with van der Waals surface area (Å²) in [5, 5.41) is 14.8. The molecule has 30 heavy (non-hydrogen) atoms. The van der Waals surface area contributed by atoms with Crippen LogP contribution in [0.5, 0.6) is 0 Å². The van der Waals surface area contributed by atoms with Crippen molar-refractivity contribution in [2.24, 2.45) is 0 Å². The van der Waals surface area contributed by atoms with Gasteiger partial charge in [0.1, 0.15) is 6.33 Å². The standard InChI is InChI=1S/C21H22N6O2.ClH/c1-13-10-14(17-16-6-5-9-27(16)24-12-23-17)7-8-15(13)11-22-18(28)19-25-26-20(29-19)21(2,3)4;/h5-10,12H,11H2,1-4H3,(H,22,28);1H. The van der Waals surface area contributed by atoms with Crippen molar-refractivity contribution >= 4 is 23.8 Å². The Morgan fingerprint density at radius 3 is 2.70 bits per heavy atom. The Kier molecular flexibility index (Phi) is 5.89. The molecule has 4 aromatic rings. The summed E-state index contributed by atoms with van der Waals surface area (Å²) >= 11 is 0. The predicted octanol–water partition coefficient (Wildman–Crippen LogP) is 3.74. The van der Waals surface area contributed by atoms with E-state index in [1.807, 2.05) is 58.2 Å². The summed E-state index contributed by atoms with van der Waals surface area (Å²) in [6.45, 7) is 8.22. The van der Waals surface area contributed by atoms with Gasteiger partial charge in [0.05, 0.1) is 11.2 Å². The Morgan fingerprint density at radius 1 is 1.20 bits per heavy atom. The molecule has 1 aromatic carbocycles. The summed E-state index contributed by atoms with van der Waals surface area (Å²) in [5.74, 6) is 0.0210. The number of aromatic nitrogens is 5. The number of carbonyl (C=O) groups excluding carboxylic acids is 1. The monoisotopic (exact) mass is 426 g/mol. The van der Waals surface area contributed by atoms with Crippen molar-refractivity contribution in [2.45, 2.75) is 39.7 Å². The highest BCUT2D eigenvalue weighted by Gasteiger charge is 2.24. The second kappa shape index (κ2) is 8.23. The van der Waals surface area contributed by atoms with Crippen LogP contribution in [0.25, 0.3) is 16.8 Å². The second-order valence-corrected chi connectivity index (χ2v) is 7.93. The summed E-state index contributed by atoms with van der Waals surface area (Å²) < 4.78 is 7.28. The average Bonchev–Trinajstić information content (AvgIpc) is 3.35. The van der Waals surface area contributed by atoms with Gasteiger partial charge >= 0.3 is 11.8 Å². The lowest BCUT2D eigenvalue weighted by Crippen LogP contribution is -2.23. The van der Waals surface area contributed by atoms with Crippen molar-refractivity contribution in [3.8, 4) is 11.3 Å². The van der Waals surface area contributed by atoms with E-state index >= 15 is 0 Å². The zero-order valence-electron chi connectivity index (χ0n) is 17.2. The van der Waals surface area contributed by atoms with Crippen molar-refractivity contribution in [2.75, 3.05) is 0 Å². The summed E-state index contributed by atoms with van der Waals surface area (Å²) in [7, 11) is 0. The van der Waals surface area contributed by atoms with Gasteiger partial charge in [-0.3, -0.25) is 4.79 Å². The third kappa shape index (κ3) is 4.18. The molecule has 8 nitrogen and oxygen atoms in total. The lowest BCUT2D eigenvalue weighted by molar-refractivity contribution is 0.0912. The number of halogens is 1. The molecule has 0 saturated heterocycles. The largest absolute Gasteiger partial charge is 0.416 e. The number of fused-ring (bicyclic) bond motifs is 1. The minimum Gasteiger partial charge on any atom is -0.416 e. The highest BCUT2D eigenvalue weighted by Crippen LogP contribution is 2.24. The second-order valence-electron chi connectivity index (χ2n) is 7.93. The van der Waals surface area contributed by atoms with Crippen molar-refractivity contribution in [1.29, 1.82) is 0 Å². The molecule has 0 aliphatic rings. The molecular weight excluding hydrogens is 404 g/mol. The van der Waals surface area contributed by atoms with Crippen molar-refractivity contribution in [3.63, 3.8) is 0 Å². The maximum absolute atomic E-state index is 12.3. The van der Waals surface area contributed by atoms with E-state index in [1.165, 1.54) is 0 Å². The molecule has 0 unspecified atom stereocenters. The van der Waals surface area contributed by atoms with Gasteiger partial charge in [-0.15, -0.1) is 22.6 Å². The van der Waals surface area contributed by atoms with Gasteiger partial charge in [0.25, 0.3) is 0 Å². The Bertz CT molecular complexity index is 1190. The van der Waals surface area contributed by atoms with Crippen LogP contribution >= 0.6 is 12.4 Å². The molecule has 0 spiro atoms. The number of hydrogen-bond acceptors (Lipinski definition) is 6. The maximum atomic E-state index is 12.3. The fourth-order valence-corrected chi connectivity index (χ4v) is 3.00. The van der Waals surface area contributed by atoms with Gasteiger partial charge < -0.3 is 9.73 Å². The molecule has 0 fully saturated rings. The third-order valence-electron chi connectivity index (χ3n) is 4.65. The van der Waals surface area contributed by atoms with Gasteiger partial charge in [-0.05, 0) is 36.2 Å². The Labute approximate surface area is 180 Å². The van der Waals surface area contributed by atoms with Crippen LogP contribution in [0.3, 0.4) is 0 Å². The number of nitrogens with one attached hydrogen (secondary N) is 1. The summed E-state index contributed by atoms with van der Waals surface area (Å²) in [4.78, 5) is 16.8. The molecule has 0 aliphatic carbocycles. The average molecular weight is 427 g/mol. The molecule has 0 saturated carbocycles. The van der Waals surface area contributed by atoms with Gasteiger partial charge in [0, 0.05) is 23.7 Å². The number of benzene rings is 1. The number of nitrogens with zero attached hydrogens (tertiary/aromatic N) is 5. The van der Waals surface area contributed by atoms with Crippen LogP contribution in [0.1, 0.15) is 48.5 Å². The van der Waals surface area contributed by atoms with Gasteiger partial charge in [0.2, 0.25) is 5.89 Å². The van der Waals surface area contributed by atoms with Crippen molar-refractivity contribution in [3.05, 3.63) is 65.8 Å². The van der Waals surface area contributed by atoms with E-state index in [0.29, 0.717) is 12.4 Å². The van der Waals surface area contributed by atoms with Gasteiger partial charge in [0.15, 0.2) is 0 Å². The lowest BCUT2D eigenvalue weighted by Gasteiger charge is -2.11. The van der Waals surface area contributed by atoms with E-state index in [-0.39, 0.29) is 29.6 Å². The van der Waals surface area contributed by atoms with Gasteiger partial charge in [-0.2, -0.15) is 5.10 Å². The number of aryl methyl sites for hydroxylation is 1. The normalized spacial score (nSPS) is 11.3. The molecule has 156 valence electrons. The van der Waals surface area contributed by atoms with E-state index in [4.69, 9.17) is 4.42 Å². The highest BCUT2D eigenvalue weighted by atomic mass is 35.5. The molecule has 0 atom stereocenters. The van der Waals surface area contributed by atoms with E-state index < -0.39 is 0 Å². The number of carbonyl (C=O) groups is 1. The molecule has 9 heteroatoms. The van der Waals surface area contributed by atoms with Crippen molar-refractivity contribution in [1.82, 2.24) is 30.1 Å². The highest BCUT2D eigenvalue weighted by molar-refractivity contribution is 5.89. The number of rotatable bonds is 4. The van der Waals surface area contributed by atoms with E-state index in [1.54, 1.807) is 10.8 Å². The van der Waals surface area contributed by atoms with Crippen LogP contribution in [0.15, 0.2) is 47.3 Å². The van der Waals surface area contributed by atoms with Crippen molar-refractivity contribution < 1.29 is 9.21 Å². The first kappa shape index (κ1) is 21.4. The van der Waals surface area contributed by atoms with E-state index in [2.05, 4.69) is 31.7 Å². The summed E-state index contributed by atoms with van der Waals surface area (Å²) in [5.41, 5.74) is 4.55. The molecule has 1 amide bonds. The molecule has 3 heterocycles. The molecule has 3 aromatic heterocycles. The first-order valence-electron chi connectivity index (χ1n) is 9.33. The fraction of sp³-hybridized carbons (Fsp3) is 0.286. The quantitative estimate of drug-likeness (QED) is 0.533. The van der Waals surface area contributed by atoms with Gasteiger partial charge in [-0.25, -0.2) is 9.50 Å².